The van der Waals surface area contributed by atoms with E-state index in [2.05, 4.69) is 21.6 Å². The molecule has 1 aliphatic carbocycles. The molecule has 3 aromatic rings. The zero-order chi connectivity index (χ0) is 20.3. The van der Waals surface area contributed by atoms with Gasteiger partial charge in [0.25, 0.3) is 5.91 Å². The fourth-order valence-corrected chi connectivity index (χ4v) is 3.63. The van der Waals surface area contributed by atoms with Crippen molar-refractivity contribution in [3.05, 3.63) is 59.7 Å². The lowest BCUT2D eigenvalue weighted by Gasteiger charge is -2.31. The van der Waals surface area contributed by atoms with Gasteiger partial charge in [-0.05, 0) is 56.2 Å². The molecule has 1 aromatic heterocycles. The number of rotatable bonds is 4. The molecule has 0 atom stereocenters. The number of nitrogens with one attached hydrogen (secondary N) is 1. The van der Waals surface area contributed by atoms with E-state index in [0.29, 0.717) is 30.2 Å². The first-order valence-corrected chi connectivity index (χ1v) is 9.83. The maximum absolute atomic E-state index is 12.6. The van der Waals surface area contributed by atoms with Crippen LogP contribution in [-0.2, 0) is 0 Å². The monoisotopic (exact) mass is 386 g/mol. The van der Waals surface area contributed by atoms with Crippen LogP contribution in [0, 0.1) is 18.3 Å². The standard InChI is InChI=1S/C23H22N4O2/c1-16-5-7-18(8-6-16)21-26-27-22(29-21)19-11-9-17(10-12-19)20(28)25-23(15-24)13-3-2-4-14-23/h5-12H,2-4,13-14H2,1H3,(H,25,28). The summed E-state index contributed by atoms with van der Waals surface area (Å²) < 4.78 is 5.79. The first-order chi connectivity index (χ1) is 14.1. The molecule has 29 heavy (non-hydrogen) atoms. The van der Waals surface area contributed by atoms with Crippen LogP contribution in [0.5, 0.6) is 0 Å². The summed E-state index contributed by atoms with van der Waals surface area (Å²) in [6.45, 7) is 2.02. The highest BCUT2D eigenvalue weighted by molar-refractivity contribution is 5.95. The molecule has 146 valence electrons. The molecular formula is C23H22N4O2. The number of benzene rings is 2. The van der Waals surface area contributed by atoms with Gasteiger partial charge < -0.3 is 9.73 Å². The molecule has 1 saturated carbocycles. The summed E-state index contributed by atoms with van der Waals surface area (Å²) in [6, 6.07) is 17.2. The van der Waals surface area contributed by atoms with E-state index in [1.54, 1.807) is 24.3 Å². The molecule has 0 bridgehead atoms. The zero-order valence-electron chi connectivity index (χ0n) is 16.3. The van der Waals surface area contributed by atoms with E-state index in [4.69, 9.17) is 4.42 Å². The molecule has 1 N–H and O–H groups in total. The molecule has 1 fully saturated rings. The van der Waals surface area contributed by atoms with Gasteiger partial charge in [-0.25, -0.2) is 0 Å². The zero-order valence-corrected chi connectivity index (χ0v) is 16.3. The molecule has 0 saturated heterocycles. The lowest BCUT2D eigenvalue weighted by Crippen LogP contribution is -2.48. The predicted octanol–water partition coefficient (Wildman–Crippen LogP) is 4.67. The number of hydrogen-bond acceptors (Lipinski definition) is 5. The van der Waals surface area contributed by atoms with Crippen molar-refractivity contribution in [2.24, 2.45) is 0 Å². The van der Waals surface area contributed by atoms with Gasteiger partial charge in [-0.3, -0.25) is 4.79 Å². The second-order valence-electron chi connectivity index (χ2n) is 7.56. The SMILES string of the molecule is Cc1ccc(-c2nnc(-c3ccc(C(=O)NC4(C#N)CCCCC4)cc3)o2)cc1. The smallest absolute Gasteiger partial charge is 0.252 e. The van der Waals surface area contributed by atoms with Crippen LogP contribution in [0.2, 0.25) is 0 Å². The molecule has 1 aliphatic rings. The fraction of sp³-hybridized carbons (Fsp3) is 0.304. The van der Waals surface area contributed by atoms with E-state index in [0.717, 1.165) is 36.0 Å². The van der Waals surface area contributed by atoms with Gasteiger partial charge in [0, 0.05) is 16.7 Å². The van der Waals surface area contributed by atoms with Crippen LogP contribution < -0.4 is 5.32 Å². The van der Waals surface area contributed by atoms with E-state index in [9.17, 15) is 10.1 Å². The number of carbonyl (C=O) groups excluding carboxylic acids is 1. The van der Waals surface area contributed by atoms with E-state index >= 15 is 0 Å². The Balaban J connectivity index is 1.49. The third-order valence-electron chi connectivity index (χ3n) is 5.39. The molecule has 6 nitrogen and oxygen atoms in total. The Hall–Kier alpha value is -3.46. The van der Waals surface area contributed by atoms with Crippen molar-refractivity contribution in [3.63, 3.8) is 0 Å². The summed E-state index contributed by atoms with van der Waals surface area (Å²) in [5.74, 6) is 0.620. The van der Waals surface area contributed by atoms with Crippen molar-refractivity contribution < 1.29 is 9.21 Å². The summed E-state index contributed by atoms with van der Waals surface area (Å²) in [4.78, 5) is 12.6. The number of nitrogens with zero attached hydrogens (tertiary/aromatic N) is 3. The lowest BCUT2D eigenvalue weighted by molar-refractivity contribution is 0.0902. The molecule has 6 heteroatoms. The largest absolute Gasteiger partial charge is 0.416 e. The Labute approximate surface area is 169 Å². The maximum atomic E-state index is 12.6. The number of nitriles is 1. The van der Waals surface area contributed by atoms with Crippen LogP contribution in [0.25, 0.3) is 22.9 Å². The van der Waals surface area contributed by atoms with E-state index in [1.807, 2.05) is 31.2 Å². The van der Waals surface area contributed by atoms with Crippen LogP contribution >= 0.6 is 0 Å². The van der Waals surface area contributed by atoms with Crippen molar-refractivity contribution in [2.75, 3.05) is 0 Å². The molecule has 4 rings (SSSR count). The number of amides is 1. The van der Waals surface area contributed by atoms with E-state index in [1.165, 1.54) is 0 Å². The van der Waals surface area contributed by atoms with Gasteiger partial charge in [0.1, 0.15) is 5.54 Å². The molecular weight excluding hydrogens is 364 g/mol. The van der Waals surface area contributed by atoms with Crippen molar-refractivity contribution >= 4 is 5.91 Å². The topological polar surface area (TPSA) is 91.8 Å². The summed E-state index contributed by atoms with van der Waals surface area (Å²) >= 11 is 0. The van der Waals surface area contributed by atoms with Crippen molar-refractivity contribution in [2.45, 2.75) is 44.6 Å². The molecule has 0 radical (unpaired) electrons. The van der Waals surface area contributed by atoms with Crippen LogP contribution in [-0.4, -0.2) is 21.6 Å². The second kappa shape index (κ2) is 7.88. The molecule has 2 aromatic carbocycles. The first-order valence-electron chi connectivity index (χ1n) is 9.83. The molecule has 1 amide bonds. The van der Waals surface area contributed by atoms with Crippen LogP contribution in [0.3, 0.4) is 0 Å². The van der Waals surface area contributed by atoms with Gasteiger partial charge in [0.2, 0.25) is 11.8 Å². The number of aryl methyl sites for hydroxylation is 1. The summed E-state index contributed by atoms with van der Waals surface area (Å²) in [5.41, 5.74) is 2.52. The Kier molecular flexibility index (Phi) is 5.13. The van der Waals surface area contributed by atoms with E-state index in [-0.39, 0.29) is 5.91 Å². The molecule has 0 spiro atoms. The summed E-state index contributed by atoms with van der Waals surface area (Å²) in [5, 5.41) is 20.7. The van der Waals surface area contributed by atoms with Crippen molar-refractivity contribution in [1.82, 2.24) is 15.5 Å². The fourth-order valence-electron chi connectivity index (χ4n) is 3.63. The average molecular weight is 386 g/mol. The molecule has 1 heterocycles. The highest BCUT2D eigenvalue weighted by Gasteiger charge is 2.33. The van der Waals surface area contributed by atoms with Gasteiger partial charge in [-0.1, -0.05) is 37.0 Å². The highest BCUT2D eigenvalue weighted by Crippen LogP contribution is 2.28. The third-order valence-corrected chi connectivity index (χ3v) is 5.39. The number of carbonyl (C=O) groups is 1. The Morgan fingerprint density at radius 1 is 0.966 bits per heavy atom. The molecule has 0 unspecified atom stereocenters. The van der Waals surface area contributed by atoms with Crippen LogP contribution in [0.4, 0.5) is 0 Å². The van der Waals surface area contributed by atoms with Gasteiger partial charge in [-0.2, -0.15) is 5.26 Å². The minimum absolute atomic E-state index is 0.231. The highest BCUT2D eigenvalue weighted by atomic mass is 16.4. The predicted molar refractivity (Wildman–Crippen MR) is 109 cm³/mol. The van der Waals surface area contributed by atoms with Gasteiger partial charge in [0.15, 0.2) is 0 Å². The van der Waals surface area contributed by atoms with Crippen LogP contribution in [0.15, 0.2) is 52.9 Å². The Morgan fingerprint density at radius 2 is 1.52 bits per heavy atom. The van der Waals surface area contributed by atoms with Crippen molar-refractivity contribution in [1.29, 1.82) is 5.26 Å². The van der Waals surface area contributed by atoms with Gasteiger partial charge in [0.05, 0.1) is 6.07 Å². The minimum Gasteiger partial charge on any atom is -0.416 e. The number of aromatic nitrogens is 2. The lowest BCUT2D eigenvalue weighted by atomic mass is 9.82. The first kappa shape index (κ1) is 18.9. The van der Waals surface area contributed by atoms with Crippen LogP contribution in [0.1, 0.15) is 48.0 Å². The van der Waals surface area contributed by atoms with Gasteiger partial charge in [-0.15, -0.1) is 10.2 Å². The van der Waals surface area contributed by atoms with Gasteiger partial charge >= 0.3 is 0 Å². The summed E-state index contributed by atoms with van der Waals surface area (Å²) in [7, 11) is 0. The minimum atomic E-state index is -0.747. The number of hydrogen-bond donors (Lipinski definition) is 1. The third kappa shape index (κ3) is 4.04. The molecule has 0 aliphatic heterocycles. The Bertz CT molecular complexity index is 1040. The normalized spacial score (nSPS) is 15.4. The second-order valence-corrected chi connectivity index (χ2v) is 7.56. The van der Waals surface area contributed by atoms with Crippen molar-refractivity contribution in [3.8, 4) is 29.0 Å². The Morgan fingerprint density at radius 3 is 2.07 bits per heavy atom. The summed E-state index contributed by atoms with van der Waals surface area (Å²) in [6.07, 6.45) is 4.46. The maximum Gasteiger partial charge on any atom is 0.252 e. The average Bonchev–Trinajstić information content (AvgIpc) is 3.25. The quantitative estimate of drug-likeness (QED) is 0.703. The van der Waals surface area contributed by atoms with E-state index < -0.39 is 5.54 Å².